The second-order valence-corrected chi connectivity index (χ2v) is 6.95. The summed E-state index contributed by atoms with van der Waals surface area (Å²) in [5.74, 6) is 2.01. The van der Waals surface area contributed by atoms with Gasteiger partial charge in [0.15, 0.2) is 5.82 Å². The third-order valence-corrected chi connectivity index (χ3v) is 5.16. The number of nitrogens with one attached hydrogen (secondary N) is 1. The smallest absolute Gasteiger partial charge is 0.239 e. The Kier molecular flexibility index (Phi) is 4.52. The van der Waals surface area contributed by atoms with Crippen LogP contribution in [0, 0.1) is 6.92 Å². The number of hydrogen-bond acceptors (Lipinski definition) is 6. The van der Waals surface area contributed by atoms with Crippen LogP contribution in [0.3, 0.4) is 0 Å². The van der Waals surface area contributed by atoms with Crippen molar-refractivity contribution in [2.24, 2.45) is 0 Å². The molecule has 1 saturated carbocycles. The van der Waals surface area contributed by atoms with Crippen LogP contribution in [0.5, 0.6) is 0 Å². The Morgan fingerprint density at radius 1 is 1.32 bits per heavy atom. The number of aryl methyl sites for hydroxylation is 1. The molecule has 1 aliphatic heterocycles. The highest BCUT2D eigenvalue weighted by Crippen LogP contribution is 2.32. The number of nitrogens with zero attached hydrogens (tertiary/aromatic N) is 5. The van der Waals surface area contributed by atoms with Crippen molar-refractivity contribution in [2.45, 2.75) is 57.5 Å². The fourth-order valence-electron chi connectivity index (χ4n) is 3.98. The molecule has 25 heavy (non-hydrogen) atoms. The second kappa shape index (κ2) is 6.95. The minimum absolute atomic E-state index is 0.0214. The fraction of sp³-hybridized carbons (Fsp3) is 0.647. The molecule has 2 aliphatic rings. The number of carbonyl (C=O) groups is 1. The minimum Gasteiger partial charge on any atom is -0.340 e. The van der Waals surface area contributed by atoms with Crippen molar-refractivity contribution in [3.63, 3.8) is 0 Å². The van der Waals surface area contributed by atoms with Gasteiger partial charge in [-0.3, -0.25) is 9.69 Å². The Balaban J connectivity index is 1.40. The molecule has 1 saturated heterocycles. The second-order valence-electron chi connectivity index (χ2n) is 6.95. The molecule has 0 spiro atoms. The van der Waals surface area contributed by atoms with Crippen molar-refractivity contribution in [1.82, 2.24) is 24.8 Å². The first-order valence-electron chi connectivity index (χ1n) is 9.08. The summed E-state index contributed by atoms with van der Waals surface area (Å²) >= 11 is 0. The lowest BCUT2D eigenvalue weighted by Crippen LogP contribution is -2.34. The maximum atomic E-state index is 12.6. The monoisotopic (exact) mass is 344 g/mol. The number of rotatable bonds is 5. The molecular weight excluding hydrogens is 320 g/mol. The molecule has 4 rings (SSSR count). The standard InChI is InChI=1S/C17H24N6O2/c1-12-19-17(21-25-12)14-7-4-10-22(14)11-16(24)20-15-8-9-18-23(15)13-5-2-3-6-13/h8-9,13-14H,2-7,10-11H2,1H3,(H,20,24)/t14-/m0/s1. The Bertz CT molecular complexity index is 733. The SMILES string of the molecule is Cc1nc([C@@H]2CCCN2CC(=O)Nc2ccnn2C2CCCC2)no1. The number of likely N-dealkylation sites (tertiary alicyclic amines) is 1. The molecule has 3 heterocycles. The maximum absolute atomic E-state index is 12.6. The molecule has 8 heteroatoms. The molecule has 1 aliphatic carbocycles. The van der Waals surface area contributed by atoms with E-state index in [0.29, 0.717) is 24.3 Å². The molecule has 8 nitrogen and oxygen atoms in total. The van der Waals surface area contributed by atoms with E-state index < -0.39 is 0 Å². The van der Waals surface area contributed by atoms with Crippen molar-refractivity contribution < 1.29 is 9.32 Å². The number of anilines is 1. The molecule has 1 N–H and O–H groups in total. The van der Waals surface area contributed by atoms with Crippen molar-refractivity contribution in [2.75, 3.05) is 18.4 Å². The maximum Gasteiger partial charge on any atom is 0.239 e. The summed E-state index contributed by atoms with van der Waals surface area (Å²) in [6, 6.07) is 2.34. The van der Waals surface area contributed by atoms with Crippen molar-refractivity contribution in [3.8, 4) is 0 Å². The van der Waals surface area contributed by atoms with E-state index in [1.54, 1.807) is 13.1 Å². The summed E-state index contributed by atoms with van der Waals surface area (Å²) in [7, 11) is 0. The number of hydrogen-bond donors (Lipinski definition) is 1. The van der Waals surface area contributed by atoms with E-state index >= 15 is 0 Å². The molecule has 2 fully saturated rings. The number of aromatic nitrogens is 4. The van der Waals surface area contributed by atoms with Gasteiger partial charge in [0.05, 0.1) is 24.8 Å². The summed E-state index contributed by atoms with van der Waals surface area (Å²) in [4.78, 5) is 19.0. The quantitative estimate of drug-likeness (QED) is 0.896. The van der Waals surface area contributed by atoms with Crippen LogP contribution in [0.4, 0.5) is 5.82 Å². The van der Waals surface area contributed by atoms with E-state index in [0.717, 1.165) is 38.0 Å². The van der Waals surface area contributed by atoms with Crippen LogP contribution >= 0.6 is 0 Å². The van der Waals surface area contributed by atoms with E-state index in [4.69, 9.17) is 4.52 Å². The van der Waals surface area contributed by atoms with Crippen LogP contribution in [0.1, 0.15) is 62.3 Å². The van der Waals surface area contributed by atoms with Crippen LogP contribution in [0.15, 0.2) is 16.8 Å². The van der Waals surface area contributed by atoms with Gasteiger partial charge in [0.1, 0.15) is 5.82 Å². The largest absolute Gasteiger partial charge is 0.340 e. The Hall–Kier alpha value is -2.22. The van der Waals surface area contributed by atoms with E-state index in [1.807, 2.05) is 10.7 Å². The zero-order valence-electron chi connectivity index (χ0n) is 14.5. The molecule has 1 amide bonds. The van der Waals surface area contributed by atoms with Crippen LogP contribution in [-0.4, -0.2) is 43.8 Å². The zero-order chi connectivity index (χ0) is 17.2. The normalized spacial score (nSPS) is 21.9. The Morgan fingerprint density at radius 3 is 2.92 bits per heavy atom. The van der Waals surface area contributed by atoms with Crippen molar-refractivity contribution >= 4 is 11.7 Å². The van der Waals surface area contributed by atoms with E-state index in [2.05, 4.69) is 25.5 Å². The highest BCUT2D eigenvalue weighted by atomic mass is 16.5. The molecule has 1 atom stereocenters. The summed E-state index contributed by atoms with van der Waals surface area (Å²) in [6.45, 7) is 2.98. The predicted octanol–water partition coefficient (Wildman–Crippen LogP) is 2.47. The van der Waals surface area contributed by atoms with Gasteiger partial charge in [-0.05, 0) is 32.2 Å². The van der Waals surface area contributed by atoms with E-state index in [-0.39, 0.29) is 11.9 Å². The van der Waals surface area contributed by atoms with Gasteiger partial charge in [-0.1, -0.05) is 18.0 Å². The highest BCUT2D eigenvalue weighted by molar-refractivity contribution is 5.91. The van der Waals surface area contributed by atoms with Gasteiger partial charge in [-0.15, -0.1) is 0 Å². The summed E-state index contributed by atoms with van der Waals surface area (Å²) < 4.78 is 7.06. The fourth-order valence-corrected chi connectivity index (χ4v) is 3.98. The zero-order valence-corrected chi connectivity index (χ0v) is 14.5. The third kappa shape index (κ3) is 3.44. The topological polar surface area (TPSA) is 89.1 Å². The molecule has 134 valence electrons. The minimum atomic E-state index is -0.0214. The van der Waals surface area contributed by atoms with Gasteiger partial charge >= 0.3 is 0 Å². The molecule has 2 aromatic rings. The Morgan fingerprint density at radius 2 is 2.16 bits per heavy atom. The summed E-state index contributed by atoms with van der Waals surface area (Å²) in [5.41, 5.74) is 0. The van der Waals surface area contributed by atoms with Crippen molar-refractivity contribution in [3.05, 3.63) is 24.0 Å². The lowest BCUT2D eigenvalue weighted by Gasteiger charge is -2.21. The van der Waals surface area contributed by atoms with Gasteiger partial charge in [0.2, 0.25) is 11.8 Å². The molecule has 0 bridgehead atoms. The van der Waals surface area contributed by atoms with E-state index in [9.17, 15) is 4.79 Å². The molecule has 2 aromatic heterocycles. The van der Waals surface area contributed by atoms with E-state index in [1.165, 1.54) is 12.8 Å². The van der Waals surface area contributed by atoms with Gasteiger partial charge in [-0.25, -0.2) is 4.68 Å². The molecule has 0 unspecified atom stereocenters. The predicted molar refractivity (Wildman–Crippen MR) is 90.9 cm³/mol. The van der Waals surface area contributed by atoms with Gasteiger partial charge in [0, 0.05) is 13.0 Å². The number of carbonyl (C=O) groups excluding carboxylic acids is 1. The summed E-state index contributed by atoms with van der Waals surface area (Å²) in [6.07, 6.45) is 8.48. The lowest BCUT2D eigenvalue weighted by molar-refractivity contribution is -0.117. The van der Waals surface area contributed by atoms with Gasteiger partial charge in [0.25, 0.3) is 0 Å². The summed E-state index contributed by atoms with van der Waals surface area (Å²) in [5, 5.41) is 11.5. The van der Waals surface area contributed by atoms with Crippen molar-refractivity contribution in [1.29, 1.82) is 0 Å². The van der Waals surface area contributed by atoms with Crippen LogP contribution < -0.4 is 5.32 Å². The van der Waals surface area contributed by atoms with Gasteiger partial charge in [-0.2, -0.15) is 10.1 Å². The first-order valence-corrected chi connectivity index (χ1v) is 9.08. The average Bonchev–Trinajstić information content (AvgIpc) is 3.33. The van der Waals surface area contributed by atoms with Crippen LogP contribution in [0.25, 0.3) is 0 Å². The molecule has 0 radical (unpaired) electrons. The Labute approximate surface area is 146 Å². The third-order valence-electron chi connectivity index (χ3n) is 5.16. The van der Waals surface area contributed by atoms with Gasteiger partial charge < -0.3 is 9.84 Å². The van der Waals surface area contributed by atoms with Crippen LogP contribution in [-0.2, 0) is 4.79 Å². The molecule has 0 aromatic carbocycles. The first kappa shape index (κ1) is 16.3. The van der Waals surface area contributed by atoms with Crippen LogP contribution in [0.2, 0.25) is 0 Å². The lowest BCUT2D eigenvalue weighted by atomic mass is 10.2. The molecular formula is C17H24N6O2. The highest BCUT2D eigenvalue weighted by Gasteiger charge is 2.31. The average molecular weight is 344 g/mol. The first-order chi connectivity index (χ1) is 12.2. The number of amides is 1.